The highest BCUT2D eigenvalue weighted by molar-refractivity contribution is 7.11. The first-order valence-corrected chi connectivity index (χ1v) is 11.0. The van der Waals surface area contributed by atoms with Crippen molar-refractivity contribution in [3.8, 4) is 5.75 Å². The molecule has 1 fully saturated rings. The van der Waals surface area contributed by atoms with Crippen molar-refractivity contribution in [2.75, 3.05) is 26.7 Å². The molecule has 3 heterocycles. The zero-order valence-corrected chi connectivity index (χ0v) is 17.7. The third-order valence-electron chi connectivity index (χ3n) is 5.79. The number of ether oxygens (including phenoxy) is 1. The summed E-state index contributed by atoms with van der Waals surface area (Å²) in [5, 5.41) is 1.95. The summed E-state index contributed by atoms with van der Waals surface area (Å²) in [7, 11) is 1.64. The number of thiophene rings is 1. The third-order valence-corrected chi connectivity index (χ3v) is 6.68. The number of amides is 2. The minimum Gasteiger partial charge on any atom is -0.497 e. The maximum absolute atomic E-state index is 13.3. The molecule has 1 aromatic carbocycles. The van der Waals surface area contributed by atoms with Crippen LogP contribution in [0.15, 0.2) is 47.5 Å². The molecule has 2 aliphatic heterocycles. The lowest BCUT2D eigenvalue weighted by Gasteiger charge is -2.32. The number of benzene rings is 1. The van der Waals surface area contributed by atoms with Gasteiger partial charge < -0.3 is 9.64 Å². The van der Waals surface area contributed by atoms with Gasteiger partial charge in [0.25, 0.3) is 11.8 Å². The van der Waals surface area contributed by atoms with E-state index in [4.69, 9.17) is 4.74 Å². The molecule has 1 saturated heterocycles. The third kappa shape index (κ3) is 3.94. The molecule has 4 rings (SSSR count). The summed E-state index contributed by atoms with van der Waals surface area (Å²) >= 11 is 1.52. The zero-order chi connectivity index (χ0) is 20.4. The van der Waals surface area contributed by atoms with Crippen LogP contribution in [0.2, 0.25) is 0 Å². The average molecular weight is 411 g/mol. The molecule has 0 bridgehead atoms. The molecule has 2 amide bonds. The molecule has 2 aliphatic rings. The molecule has 2 aromatic rings. The predicted molar refractivity (Wildman–Crippen MR) is 115 cm³/mol. The summed E-state index contributed by atoms with van der Waals surface area (Å²) in [6.45, 7) is 4.29. The average Bonchev–Trinajstić information content (AvgIpc) is 3.34. The van der Waals surface area contributed by atoms with E-state index in [9.17, 15) is 9.59 Å². The Morgan fingerprint density at radius 3 is 2.41 bits per heavy atom. The van der Waals surface area contributed by atoms with Gasteiger partial charge >= 0.3 is 0 Å². The summed E-state index contributed by atoms with van der Waals surface area (Å²) < 4.78 is 5.20. The van der Waals surface area contributed by atoms with Crippen molar-refractivity contribution in [3.05, 3.63) is 57.9 Å². The summed E-state index contributed by atoms with van der Waals surface area (Å²) in [4.78, 5) is 31.0. The van der Waals surface area contributed by atoms with Crippen molar-refractivity contribution in [1.82, 2.24) is 9.80 Å². The molecule has 0 unspecified atom stereocenters. The minimum atomic E-state index is -0.167. The second kappa shape index (κ2) is 8.41. The van der Waals surface area contributed by atoms with E-state index in [0.717, 1.165) is 42.1 Å². The van der Waals surface area contributed by atoms with Crippen LogP contribution in [0.25, 0.3) is 5.57 Å². The molecule has 0 N–H and O–H groups in total. The monoisotopic (exact) mass is 410 g/mol. The number of hydrogen-bond acceptors (Lipinski definition) is 5. The van der Waals surface area contributed by atoms with Gasteiger partial charge in [0.15, 0.2) is 0 Å². The van der Waals surface area contributed by atoms with Crippen molar-refractivity contribution in [1.29, 1.82) is 0 Å². The highest BCUT2D eigenvalue weighted by Crippen LogP contribution is 2.35. The lowest BCUT2D eigenvalue weighted by Crippen LogP contribution is -2.39. The summed E-state index contributed by atoms with van der Waals surface area (Å²) in [5.41, 5.74) is 2.25. The minimum absolute atomic E-state index is 0.151. The van der Waals surface area contributed by atoms with Gasteiger partial charge in [-0.15, -0.1) is 11.3 Å². The number of likely N-dealkylation sites (tertiary alicyclic amines) is 1. The van der Waals surface area contributed by atoms with Crippen molar-refractivity contribution in [2.45, 2.75) is 26.2 Å². The normalized spacial score (nSPS) is 18.1. The number of hydrogen-bond donors (Lipinski definition) is 0. The van der Waals surface area contributed by atoms with Crippen LogP contribution >= 0.6 is 11.3 Å². The van der Waals surface area contributed by atoms with Gasteiger partial charge in [0.2, 0.25) is 0 Å². The van der Waals surface area contributed by atoms with Crippen LogP contribution < -0.4 is 4.74 Å². The van der Waals surface area contributed by atoms with E-state index in [0.29, 0.717) is 30.2 Å². The Labute approximate surface area is 175 Å². The van der Waals surface area contributed by atoms with Gasteiger partial charge in [-0.05, 0) is 54.3 Å². The fourth-order valence-electron chi connectivity index (χ4n) is 3.97. The van der Waals surface area contributed by atoms with Crippen LogP contribution in [0.1, 0.15) is 30.2 Å². The van der Waals surface area contributed by atoms with E-state index in [1.165, 1.54) is 16.2 Å². The first-order chi connectivity index (χ1) is 14.1. The fourth-order valence-corrected chi connectivity index (χ4v) is 4.73. The largest absolute Gasteiger partial charge is 0.497 e. The van der Waals surface area contributed by atoms with Gasteiger partial charge in [-0.25, -0.2) is 0 Å². The van der Waals surface area contributed by atoms with E-state index in [1.54, 1.807) is 7.11 Å². The van der Waals surface area contributed by atoms with Crippen LogP contribution in [0.5, 0.6) is 5.75 Å². The molecule has 0 atom stereocenters. The molecule has 0 aliphatic carbocycles. The van der Waals surface area contributed by atoms with E-state index in [-0.39, 0.29) is 11.8 Å². The molecule has 152 valence electrons. The van der Waals surface area contributed by atoms with E-state index >= 15 is 0 Å². The molecular formula is C23H26N2O3S. The molecule has 6 heteroatoms. The van der Waals surface area contributed by atoms with Gasteiger partial charge in [-0.1, -0.05) is 25.1 Å². The SMILES string of the molecule is COc1ccc(CCN2C(=O)C(c3cccs3)=C(N3CCC(C)CC3)C2=O)cc1. The standard InChI is InChI=1S/C23H26N2O3S/c1-16-9-12-24(13-10-16)21-20(19-4-3-15-29-19)22(26)25(23(21)27)14-11-17-5-7-18(28-2)8-6-17/h3-8,15-16H,9-14H2,1-2H3. The molecule has 29 heavy (non-hydrogen) atoms. The van der Waals surface area contributed by atoms with Crippen LogP contribution in [-0.4, -0.2) is 48.4 Å². The van der Waals surface area contributed by atoms with E-state index < -0.39 is 0 Å². The maximum Gasteiger partial charge on any atom is 0.277 e. The summed E-state index contributed by atoms with van der Waals surface area (Å²) in [6, 6.07) is 11.6. The highest BCUT2D eigenvalue weighted by atomic mass is 32.1. The number of carbonyl (C=O) groups is 2. The van der Waals surface area contributed by atoms with Gasteiger partial charge in [-0.3, -0.25) is 14.5 Å². The predicted octanol–water partition coefficient (Wildman–Crippen LogP) is 3.81. The molecule has 1 aromatic heterocycles. The van der Waals surface area contributed by atoms with Gasteiger partial charge in [0, 0.05) is 24.5 Å². The maximum atomic E-state index is 13.3. The van der Waals surface area contributed by atoms with Crippen molar-refractivity contribution in [3.63, 3.8) is 0 Å². The molecule has 0 saturated carbocycles. The number of imide groups is 1. The molecular weight excluding hydrogens is 384 g/mol. The van der Waals surface area contributed by atoms with Gasteiger partial charge in [0.1, 0.15) is 11.4 Å². The zero-order valence-electron chi connectivity index (χ0n) is 16.9. The molecule has 0 spiro atoms. The Balaban J connectivity index is 1.56. The quantitative estimate of drug-likeness (QED) is 0.680. The number of methoxy groups -OCH3 is 1. The van der Waals surface area contributed by atoms with Crippen molar-refractivity contribution < 1.29 is 14.3 Å². The molecule has 5 nitrogen and oxygen atoms in total. The van der Waals surface area contributed by atoms with Crippen LogP contribution in [0.4, 0.5) is 0 Å². The van der Waals surface area contributed by atoms with Gasteiger partial charge in [-0.2, -0.15) is 0 Å². The van der Waals surface area contributed by atoms with E-state index in [1.807, 2.05) is 41.8 Å². The topological polar surface area (TPSA) is 49.9 Å². The number of nitrogens with zero attached hydrogens (tertiary/aromatic N) is 2. The first kappa shape index (κ1) is 19.7. The number of carbonyl (C=O) groups excluding carboxylic acids is 2. The van der Waals surface area contributed by atoms with Crippen LogP contribution in [0.3, 0.4) is 0 Å². The number of piperidine rings is 1. The Bertz CT molecular complexity index is 910. The fraction of sp³-hybridized carbons (Fsp3) is 0.391. The Morgan fingerprint density at radius 1 is 1.07 bits per heavy atom. The Morgan fingerprint density at radius 2 is 1.79 bits per heavy atom. The summed E-state index contributed by atoms with van der Waals surface area (Å²) in [6.07, 6.45) is 2.73. The lowest BCUT2D eigenvalue weighted by atomic mass is 9.98. The summed E-state index contributed by atoms with van der Waals surface area (Å²) in [5.74, 6) is 1.14. The van der Waals surface area contributed by atoms with Crippen LogP contribution in [0, 0.1) is 5.92 Å². The van der Waals surface area contributed by atoms with Crippen molar-refractivity contribution >= 4 is 28.7 Å². The van der Waals surface area contributed by atoms with Crippen molar-refractivity contribution in [2.24, 2.45) is 5.92 Å². The highest BCUT2D eigenvalue weighted by Gasteiger charge is 2.42. The Kier molecular flexibility index (Phi) is 5.72. The number of rotatable bonds is 6. The Hall–Kier alpha value is -2.60. The smallest absolute Gasteiger partial charge is 0.277 e. The molecule has 0 radical (unpaired) electrons. The first-order valence-electron chi connectivity index (χ1n) is 10.1. The van der Waals surface area contributed by atoms with E-state index in [2.05, 4.69) is 11.8 Å². The second-order valence-electron chi connectivity index (χ2n) is 7.73. The lowest BCUT2D eigenvalue weighted by molar-refractivity contribution is -0.137. The van der Waals surface area contributed by atoms with Crippen LogP contribution in [-0.2, 0) is 16.0 Å². The second-order valence-corrected chi connectivity index (χ2v) is 8.68. The van der Waals surface area contributed by atoms with Gasteiger partial charge in [0.05, 0.1) is 12.7 Å².